The standard InChI is InChI=1S/C22H27BrClN3O4S/c1-5-25-22(29)16(3)26(13-17-6-8-18(24)9-7-17)21(28)14-27(32(4,30)31)19-10-11-20(23)15(2)12-19/h6-12,16H,5,13-14H2,1-4H3,(H,25,29)/t16-/m1/s1. The second-order valence-electron chi connectivity index (χ2n) is 7.42. The zero-order valence-corrected chi connectivity index (χ0v) is 21.6. The van der Waals surface area contributed by atoms with Crippen LogP contribution in [-0.4, -0.2) is 50.5 Å². The molecular formula is C22H27BrClN3O4S. The second-order valence-corrected chi connectivity index (χ2v) is 10.6. The summed E-state index contributed by atoms with van der Waals surface area (Å²) >= 11 is 9.35. The van der Waals surface area contributed by atoms with Gasteiger partial charge in [0.05, 0.1) is 11.9 Å². The molecule has 2 rings (SSSR count). The van der Waals surface area contributed by atoms with Crippen molar-refractivity contribution in [2.75, 3.05) is 23.7 Å². The number of benzene rings is 2. The Bertz CT molecular complexity index is 1080. The topological polar surface area (TPSA) is 86.8 Å². The van der Waals surface area contributed by atoms with E-state index in [1.807, 2.05) is 6.92 Å². The Morgan fingerprint density at radius 2 is 1.78 bits per heavy atom. The van der Waals surface area contributed by atoms with Gasteiger partial charge in [-0.2, -0.15) is 0 Å². The van der Waals surface area contributed by atoms with Gasteiger partial charge in [-0.05, 0) is 62.2 Å². The minimum Gasteiger partial charge on any atom is -0.355 e. The number of amides is 2. The molecule has 0 radical (unpaired) electrons. The van der Waals surface area contributed by atoms with E-state index in [4.69, 9.17) is 11.6 Å². The normalized spacial score (nSPS) is 12.2. The van der Waals surface area contributed by atoms with Gasteiger partial charge in [-0.15, -0.1) is 0 Å². The van der Waals surface area contributed by atoms with Crippen molar-refractivity contribution in [1.82, 2.24) is 10.2 Å². The molecule has 0 saturated heterocycles. The van der Waals surface area contributed by atoms with Crippen molar-refractivity contribution in [2.45, 2.75) is 33.4 Å². The molecule has 7 nitrogen and oxygen atoms in total. The number of hydrogen-bond acceptors (Lipinski definition) is 4. The third-order valence-electron chi connectivity index (χ3n) is 4.89. The van der Waals surface area contributed by atoms with Gasteiger partial charge in [0.15, 0.2) is 0 Å². The molecule has 0 aliphatic heterocycles. The molecule has 0 spiro atoms. The molecular weight excluding hydrogens is 518 g/mol. The van der Waals surface area contributed by atoms with Gasteiger partial charge in [0, 0.05) is 22.6 Å². The molecule has 2 aromatic rings. The van der Waals surface area contributed by atoms with Crippen LogP contribution in [0.3, 0.4) is 0 Å². The number of rotatable bonds is 9. The van der Waals surface area contributed by atoms with Crippen molar-refractivity contribution in [3.63, 3.8) is 0 Å². The third kappa shape index (κ3) is 6.95. The lowest BCUT2D eigenvalue weighted by Crippen LogP contribution is -2.51. The van der Waals surface area contributed by atoms with Crippen LogP contribution in [0, 0.1) is 6.92 Å². The quantitative estimate of drug-likeness (QED) is 0.521. The highest BCUT2D eigenvalue weighted by Crippen LogP contribution is 2.25. The number of nitrogens with one attached hydrogen (secondary N) is 1. The first-order chi connectivity index (χ1) is 14.9. The number of carbonyl (C=O) groups is 2. The highest BCUT2D eigenvalue weighted by molar-refractivity contribution is 9.10. The van der Waals surface area contributed by atoms with Crippen molar-refractivity contribution in [2.24, 2.45) is 0 Å². The van der Waals surface area contributed by atoms with E-state index in [1.54, 1.807) is 56.3 Å². The van der Waals surface area contributed by atoms with Gasteiger partial charge in [0.1, 0.15) is 12.6 Å². The number of aryl methyl sites for hydroxylation is 1. The summed E-state index contributed by atoms with van der Waals surface area (Å²) in [5.41, 5.74) is 1.97. The maximum atomic E-state index is 13.4. The van der Waals surface area contributed by atoms with Crippen LogP contribution in [0.4, 0.5) is 5.69 Å². The molecule has 0 unspecified atom stereocenters. The summed E-state index contributed by atoms with van der Waals surface area (Å²) in [6, 6.07) is 11.2. The van der Waals surface area contributed by atoms with Crippen LogP contribution >= 0.6 is 27.5 Å². The van der Waals surface area contributed by atoms with Crippen LogP contribution in [-0.2, 0) is 26.2 Å². The molecule has 1 N–H and O–H groups in total. The maximum absolute atomic E-state index is 13.4. The summed E-state index contributed by atoms with van der Waals surface area (Å²) in [5.74, 6) is -0.815. The van der Waals surface area contributed by atoms with Crippen LogP contribution in [0.25, 0.3) is 0 Å². The third-order valence-corrected chi connectivity index (χ3v) is 7.18. The number of anilines is 1. The lowest BCUT2D eigenvalue weighted by molar-refractivity contribution is -0.139. The van der Waals surface area contributed by atoms with Crippen LogP contribution in [0.2, 0.25) is 5.02 Å². The highest BCUT2D eigenvalue weighted by Gasteiger charge is 2.30. The average Bonchev–Trinajstić information content (AvgIpc) is 2.72. The first kappa shape index (κ1) is 26.2. The predicted molar refractivity (Wildman–Crippen MR) is 131 cm³/mol. The summed E-state index contributed by atoms with van der Waals surface area (Å²) < 4.78 is 27.0. The van der Waals surface area contributed by atoms with Gasteiger partial charge in [0.2, 0.25) is 21.8 Å². The minimum absolute atomic E-state index is 0.130. The van der Waals surface area contributed by atoms with Crippen LogP contribution in [0.1, 0.15) is 25.0 Å². The van der Waals surface area contributed by atoms with E-state index in [0.717, 1.165) is 26.2 Å². The summed E-state index contributed by atoms with van der Waals surface area (Å²) in [6.07, 6.45) is 1.05. The zero-order valence-electron chi connectivity index (χ0n) is 18.4. The maximum Gasteiger partial charge on any atom is 0.244 e. The van der Waals surface area contributed by atoms with Crippen molar-refractivity contribution < 1.29 is 18.0 Å². The fourth-order valence-corrected chi connectivity index (χ4v) is 4.30. The van der Waals surface area contributed by atoms with Crippen LogP contribution in [0.15, 0.2) is 46.9 Å². The molecule has 0 aliphatic rings. The number of sulfonamides is 1. The molecule has 32 heavy (non-hydrogen) atoms. The molecule has 0 heterocycles. The van der Waals surface area contributed by atoms with Crippen molar-refractivity contribution in [3.8, 4) is 0 Å². The lowest BCUT2D eigenvalue weighted by Gasteiger charge is -2.31. The molecule has 2 amide bonds. The molecule has 2 aromatic carbocycles. The Kier molecular flexibility index (Phi) is 9.12. The Hall–Kier alpha value is -2.10. The van der Waals surface area contributed by atoms with Gasteiger partial charge in [-0.25, -0.2) is 8.42 Å². The SMILES string of the molecule is CCNC(=O)[C@@H](C)N(Cc1ccc(Cl)cc1)C(=O)CN(c1ccc(Br)c(C)c1)S(C)(=O)=O. The summed E-state index contributed by atoms with van der Waals surface area (Å²) in [7, 11) is -3.76. The van der Waals surface area contributed by atoms with Crippen LogP contribution < -0.4 is 9.62 Å². The summed E-state index contributed by atoms with van der Waals surface area (Å²) in [5, 5.41) is 3.27. The van der Waals surface area contributed by atoms with E-state index in [-0.39, 0.29) is 12.5 Å². The highest BCUT2D eigenvalue weighted by atomic mass is 79.9. The average molecular weight is 545 g/mol. The molecule has 0 saturated carbocycles. The Morgan fingerprint density at radius 3 is 2.31 bits per heavy atom. The predicted octanol–water partition coefficient (Wildman–Crippen LogP) is 3.73. The second kappa shape index (κ2) is 11.2. The number of hydrogen-bond donors (Lipinski definition) is 1. The smallest absolute Gasteiger partial charge is 0.244 e. The first-order valence-corrected chi connectivity index (χ1v) is 13.0. The Balaban J connectivity index is 2.39. The van der Waals surface area contributed by atoms with E-state index in [9.17, 15) is 18.0 Å². The molecule has 1 atom stereocenters. The molecule has 0 aliphatic carbocycles. The Morgan fingerprint density at radius 1 is 1.16 bits per heavy atom. The summed E-state index contributed by atoms with van der Waals surface area (Å²) in [6.45, 7) is 5.35. The minimum atomic E-state index is -3.76. The number of nitrogens with zero attached hydrogens (tertiary/aromatic N) is 2. The number of likely N-dealkylation sites (N-methyl/N-ethyl adjacent to an activating group) is 1. The molecule has 174 valence electrons. The van der Waals surface area contributed by atoms with Crippen molar-refractivity contribution >= 4 is 55.1 Å². The van der Waals surface area contributed by atoms with E-state index in [0.29, 0.717) is 17.3 Å². The number of halogens is 2. The van der Waals surface area contributed by atoms with Gasteiger partial charge >= 0.3 is 0 Å². The molecule has 10 heteroatoms. The molecule has 0 bridgehead atoms. The van der Waals surface area contributed by atoms with Gasteiger partial charge in [0.25, 0.3) is 0 Å². The van der Waals surface area contributed by atoms with Crippen molar-refractivity contribution in [1.29, 1.82) is 0 Å². The van der Waals surface area contributed by atoms with E-state index in [2.05, 4.69) is 21.2 Å². The summed E-state index contributed by atoms with van der Waals surface area (Å²) in [4.78, 5) is 27.2. The van der Waals surface area contributed by atoms with E-state index < -0.39 is 28.5 Å². The molecule has 0 fully saturated rings. The fraction of sp³-hybridized carbons (Fsp3) is 0.364. The zero-order chi connectivity index (χ0) is 24.1. The van der Waals surface area contributed by atoms with E-state index in [1.165, 1.54) is 4.90 Å². The molecule has 0 aromatic heterocycles. The first-order valence-electron chi connectivity index (χ1n) is 9.99. The van der Waals surface area contributed by atoms with E-state index >= 15 is 0 Å². The Labute approximate surface area is 202 Å². The van der Waals surface area contributed by atoms with Crippen molar-refractivity contribution in [3.05, 3.63) is 63.1 Å². The monoisotopic (exact) mass is 543 g/mol. The van der Waals surface area contributed by atoms with Crippen LogP contribution in [0.5, 0.6) is 0 Å². The van der Waals surface area contributed by atoms with Gasteiger partial charge in [-0.1, -0.05) is 39.7 Å². The van der Waals surface area contributed by atoms with Gasteiger partial charge < -0.3 is 10.2 Å². The largest absolute Gasteiger partial charge is 0.355 e. The fourth-order valence-electron chi connectivity index (χ4n) is 3.09. The number of carbonyl (C=O) groups excluding carboxylic acids is 2. The lowest BCUT2D eigenvalue weighted by atomic mass is 10.1. The van der Waals surface area contributed by atoms with Gasteiger partial charge in [-0.3, -0.25) is 13.9 Å².